The molecule has 0 aliphatic carbocycles. The highest BCUT2D eigenvalue weighted by molar-refractivity contribution is 7.08. The Hall–Kier alpha value is -1.75. The van der Waals surface area contributed by atoms with E-state index >= 15 is 0 Å². The molecule has 0 fully saturated rings. The van der Waals surface area contributed by atoms with E-state index in [0.29, 0.717) is 11.5 Å². The number of carboxylic acids is 1. The van der Waals surface area contributed by atoms with Crippen molar-refractivity contribution in [1.82, 2.24) is 9.97 Å². The maximum Gasteiger partial charge on any atom is 0.339 e. The summed E-state index contributed by atoms with van der Waals surface area (Å²) in [5.74, 6) is -0.428. The number of carboxylic acid groups (broad SMARTS) is 1. The van der Waals surface area contributed by atoms with E-state index in [2.05, 4.69) is 9.97 Å². The third-order valence-corrected chi connectivity index (χ3v) is 2.67. The third-order valence-electron chi connectivity index (χ3n) is 1.99. The maximum absolute atomic E-state index is 10.7. The molecule has 0 radical (unpaired) electrons. The normalized spacial score (nSPS) is 10.2. The molecule has 0 spiro atoms. The van der Waals surface area contributed by atoms with Gasteiger partial charge in [-0.25, -0.2) is 14.8 Å². The second kappa shape index (κ2) is 3.78. The maximum atomic E-state index is 10.7. The van der Waals surface area contributed by atoms with Crippen LogP contribution in [0.25, 0.3) is 11.4 Å². The standard InChI is InChI=1S/C10H8N2O2S/c1-6-8(10(13)14)4-11-9(12-6)7-2-3-15-5-7/h2-5H,1H3,(H,13,14). The summed E-state index contributed by atoms with van der Waals surface area (Å²) in [6.45, 7) is 1.67. The first-order valence-electron chi connectivity index (χ1n) is 4.28. The molecule has 0 amide bonds. The van der Waals surface area contributed by atoms with Gasteiger partial charge in [-0.2, -0.15) is 11.3 Å². The van der Waals surface area contributed by atoms with Gasteiger partial charge in [0.05, 0.1) is 11.3 Å². The summed E-state index contributed by atoms with van der Waals surface area (Å²) in [7, 11) is 0. The number of carbonyl (C=O) groups is 1. The number of hydrogen-bond acceptors (Lipinski definition) is 4. The number of aryl methyl sites for hydroxylation is 1. The van der Waals surface area contributed by atoms with Crippen LogP contribution < -0.4 is 0 Å². The minimum atomic E-state index is -0.996. The fourth-order valence-electron chi connectivity index (χ4n) is 1.21. The van der Waals surface area contributed by atoms with Crippen molar-refractivity contribution in [2.24, 2.45) is 0 Å². The number of rotatable bonds is 2. The van der Waals surface area contributed by atoms with Gasteiger partial charge in [-0.15, -0.1) is 0 Å². The van der Waals surface area contributed by atoms with Crippen LogP contribution in [0.2, 0.25) is 0 Å². The lowest BCUT2D eigenvalue weighted by atomic mass is 10.2. The van der Waals surface area contributed by atoms with E-state index in [-0.39, 0.29) is 5.56 Å². The van der Waals surface area contributed by atoms with Crippen LogP contribution in [0.1, 0.15) is 16.1 Å². The second-order valence-electron chi connectivity index (χ2n) is 3.01. The van der Waals surface area contributed by atoms with E-state index in [0.717, 1.165) is 5.56 Å². The zero-order valence-electron chi connectivity index (χ0n) is 7.97. The van der Waals surface area contributed by atoms with Gasteiger partial charge in [0.15, 0.2) is 5.82 Å². The first-order valence-corrected chi connectivity index (χ1v) is 5.22. The molecular formula is C10H8N2O2S. The quantitative estimate of drug-likeness (QED) is 0.842. The molecule has 0 aliphatic heterocycles. The molecule has 5 heteroatoms. The number of thiophene rings is 1. The summed E-state index contributed by atoms with van der Waals surface area (Å²) in [6.07, 6.45) is 1.34. The Morgan fingerprint density at radius 3 is 2.87 bits per heavy atom. The Bertz CT molecular complexity index is 494. The number of aromatic carboxylic acids is 1. The Morgan fingerprint density at radius 2 is 2.33 bits per heavy atom. The summed E-state index contributed by atoms with van der Waals surface area (Å²) >= 11 is 1.55. The monoisotopic (exact) mass is 220 g/mol. The van der Waals surface area contributed by atoms with Gasteiger partial charge >= 0.3 is 5.97 Å². The van der Waals surface area contributed by atoms with Gasteiger partial charge in [0, 0.05) is 17.1 Å². The fraction of sp³-hybridized carbons (Fsp3) is 0.100. The SMILES string of the molecule is Cc1nc(-c2ccsc2)ncc1C(=O)O. The molecule has 2 aromatic heterocycles. The van der Waals surface area contributed by atoms with E-state index in [1.165, 1.54) is 6.20 Å². The third kappa shape index (κ3) is 1.87. The molecule has 0 unspecified atom stereocenters. The van der Waals surface area contributed by atoms with Crippen LogP contribution in [-0.4, -0.2) is 21.0 Å². The number of aromatic nitrogens is 2. The highest BCUT2D eigenvalue weighted by Gasteiger charge is 2.10. The molecular weight excluding hydrogens is 212 g/mol. The van der Waals surface area contributed by atoms with Crippen LogP contribution >= 0.6 is 11.3 Å². The lowest BCUT2D eigenvalue weighted by molar-refractivity contribution is 0.0695. The van der Waals surface area contributed by atoms with Gasteiger partial charge in [-0.1, -0.05) is 0 Å². The molecule has 0 atom stereocenters. The molecule has 0 aliphatic rings. The van der Waals surface area contributed by atoms with Gasteiger partial charge in [0.1, 0.15) is 0 Å². The van der Waals surface area contributed by atoms with Crippen molar-refractivity contribution in [3.8, 4) is 11.4 Å². The predicted molar refractivity (Wildman–Crippen MR) is 57.0 cm³/mol. The fourth-order valence-corrected chi connectivity index (χ4v) is 1.84. The zero-order chi connectivity index (χ0) is 10.8. The first kappa shape index (κ1) is 9.79. The minimum absolute atomic E-state index is 0.147. The molecule has 4 nitrogen and oxygen atoms in total. The molecule has 0 saturated carbocycles. The topological polar surface area (TPSA) is 63.1 Å². The van der Waals surface area contributed by atoms with E-state index in [1.54, 1.807) is 18.3 Å². The van der Waals surface area contributed by atoms with Crippen molar-refractivity contribution in [2.45, 2.75) is 6.92 Å². The molecule has 1 N–H and O–H groups in total. The van der Waals surface area contributed by atoms with Gasteiger partial charge in [0.25, 0.3) is 0 Å². The van der Waals surface area contributed by atoms with E-state index in [4.69, 9.17) is 5.11 Å². The predicted octanol–water partition coefficient (Wildman–Crippen LogP) is 2.21. The van der Waals surface area contributed by atoms with Gasteiger partial charge in [-0.3, -0.25) is 0 Å². The van der Waals surface area contributed by atoms with E-state index in [1.807, 2.05) is 16.8 Å². The van der Waals surface area contributed by atoms with Crippen molar-refractivity contribution in [1.29, 1.82) is 0 Å². The summed E-state index contributed by atoms with van der Waals surface area (Å²) in [5, 5.41) is 12.7. The van der Waals surface area contributed by atoms with Crippen LogP contribution in [-0.2, 0) is 0 Å². The van der Waals surface area contributed by atoms with Gasteiger partial charge in [0.2, 0.25) is 0 Å². The van der Waals surface area contributed by atoms with Crippen molar-refractivity contribution >= 4 is 17.3 Å². The molecule has 15 heavy (non-hydrogen) atoms. The lowest BCUT2D eigenvalue weighted by Crippen LogP contribution is -2.03. The highest BCUT2D eigenvalue weighted by atomic mass is 32.1. The van der Waals surface area contributed by atoms with Crippen LogP contribution in [0.15, 0.2) is 23.0 Å². The summed E-state index contributed by atoms with van der Waals surface area (Å²) in [5.41, 5.74) is 1.55. The first-order chi connectivity index (χ1) is 7.18. The minimum Gasteiger partial charge on any atom is -0.478 e. The Kier molecular flexibility index (Phi) is 2.47. The average Bonchev–Trinajstić information content (AvgIpc) is 2.69. The number of hydrogen-bond donors (Lipinski definition) is 1. The van der Waals surface area contributed by atoms with Gasteiger partial charge < -0.3 is 5.11 Å². The molecule has 76 valence electrons. The van der Waals surface area contributed by atoms with Crippen LogP contribution in [0.4, 0.5) is 0 Å². The molecule has 0 saturated heterocycles. The molecule has 0 aromatic carbocycles. The van der Waals surface area contributed by atoms with Crippen molar-refractivity contribution < 1.29 is 9.90 Å². The second-order valence-corrected chi connectivity index (χ2v) is 3.79. The summed E-state index contributed by atoms with van der Waals surface area (Å²) in [4.78, 5) is 18.9. The molecule has 2 heterocycles. The van der Waals surface area contributed by atoms with Crippen molar-refractivity contribution in [3.63, 3.8) is 0 Å². The lowest BCUT2D eigenvalue weighted by Gasteiger charge is -2.01. The number of nitrogens with zero attached hydrogens (tertiary/aromatic N) is 2. The zero-order valence-corrected chi connectivity index (χ0v) is 8.78. The Labute approximate surface area is 90.3 Å². The van der Waals surface area contributed by atoms with E-state index < -0.39 is 5.97 Å². The van der Waals surface area contributed by atoms with Crippen LogP contribution in [0, 0.1) is 6.92 Å². The van der Waals surface area contributed by atoms with Crippen LogP contribution in [0.3, 0.4) is 0 Å². The molecule has 2 aromatic rings. The Balaban J connectivity index is 2.47. The Morgan fingerprint density at radius 1 is 1.53 bits per heavy atom. The van der Waals surface area contributed by atoms with Crippen molar-refractivity contribution in [3.05, 3.63) is 34.3 Å². The molecule has 2 rings (SSSR count). The smallest absolute Gasteiger partial charge is 0.339 e. The highest BCUT2D eigenvalue weighted by Crippen LogP contribution is 2.18. The molecule has 0 bridgehead atoms. The summed E-state index contributed by atoms with van der Waals surface area (Å²) in [6, 6.07) is 1.90. The van der Waals surface area contributed by atoms with Crippen molar-refractivity contribution in [2.75, 3.05) is 0 Å². The average molecular weight is 220 g/mol. The van der Waals surface area contributed by atoms with Gasteiger partial charge in [-0.05, 0) is 18.4 Å². The summed E-state index contributed by atoms with van der Waals surface area (Å²) < 4.78 is 0. The largest absolute Gasteiger partial charge is 0.478 e. The van der Waals surface area contributed by atoms with E-state index in [9.17, 15) is 4.79 Å². The van der Waals surface area contributed by atoms with Crippen LogP contribution in [0.5, 0.6) is 0 Å².